The zero-order chi connectivity index (χ0) is 18.1. The highest BCUT2D eigenvalue weighted by atomic mass is 19.1. The molecule has 7 heteroatoms. The standard InChI is InChI=1S/C19H20FN5O/c1-24(17-4-2-3-15(17)20)19-8-7-16(22-23-19)14-6-5-13(11-18(14)26)25-10-9-21-12-25/h5-12,15,17,26H,2-4H2,1H3/t15-,17+/m0/s1. The van der Waals surface area contributed by atoms with Gasteiger partial charge in [-0.2, -0.15) is 0 Å². The quantitative estimate of drug-likeness (QED) is 0.779. The first-order valence-electron chi connectivity index (χ1n) is 8.66. The molecule has 2 heterocycles. The maximum absolute atomic E-state index is 13.9. The smallest absolute Gasteiger partial charge is 0.151 e. The Morgan fingerprint density at radius 1 is 1.19 bits per heavy atom. The molecule has 0 bridgehead atoms. The molecule has 1 aliphatic carbocycles. The number of aromatic hydroxyl groups is 1. The molecule has 0 amide bonds. The second kappa shape index (κ2) is 6.74. The van der Waals surface area contributed by atoms with Crippen molar-refractivity contribution in [1.82, 2.24) is 19.7 Å². The molecule has 1 saturated carbocycles. The number of benzene rings is 1. The van der Waals surface area contributed by atoms with Crippen molar-refractivity contribution in [3.63, 3.8) is 0 Å². The number of rotatable bonds is 4. The fourth-order valence-corrected chi connectivity index (χ4v) is 3.47. The van der Waals surface area contributed by atoms with Crippen molar-refractivity contribution < 1.29 is 9.50 Å². The minimum absolute atomic E-state index is 0.117. The lowest BCUT2D eigenvalue weighted by atomic mass is 10.1. The molecule has 1 aliphatic rings. The summed E-state index contributed by atoms with van der Waals surface area (Å²) in [5, 5.41) is 18.8. The highest BCUT2D eigenvalue weighted by Crippen LogP contribution is 2.31. The Labute approximate surface area is 150 Å². The van der Waals surface area contributed by atoms with E-state index in [1.54, 1.807) is 36.9 Å². The van der Waals surface area contributed by atoms with Gasteiger partial charge in [-0.3, -0.25) is 0 Å². The molecule has 1 fully saturated rings. The summed E-state index contributed by atoms with van der Waals surface area (Å²) in [5.74, 6) is 0.754. The topological polar surface area (TPSA) is 67.1 Å². The van der Waals surface area contributed by atoms with Gasteiger partial charge in [0.25, 0.3) is 0 Å². The van der Waals surface area contributed by atoms with E-state index < -0.39 is 6.17 Å². The van der Waals surface area contributed by atoms with Gasteiger partial charge < -0.3 is 14.6 Å². The monoisotopic (exact) mass is 353 g/mol. The predicted molar refractivity (Wildman–Crippen MR) is 97.2 cm³/mol. The summed E-state index contributed by atoms with van der Waals surface area (Å²) < 4.78 is 15.8. The van der Waals surface area contributed by atoms with Crippen molar-refractivity contribution in [3.05, 3.63) is 49.1 Å². The summed E-state index contributed by atoms with van der Waals surface area (Å²) in [7, 11) is 1.85. The Morgan fingerprint density at radius 3 is 2.69 bits per heavy atom. The van der Waals surface area contributed by atoms with E-state index >= 15 is 0 Å². The van der Waals surface area contributed by atoms with Crippen molar-refractivity contribution in [1.29, 1.82) is 0 Å². The van der Waals surface area contributed by atoms with E-state index in [1.165, 1.54) is 0 Å². The lowest BCUT2D eigenvalue weighted by Crippen LogP contribution is -2.36. The normalized spacial score (nSPS) is 19.6. The molecule has 134 valence electrons. The molecule has 0 radical (unpaired) electrons. The zero-order valence-electron chi connectivity index (χ0n) is 14.5. The molecule has 0 spiro atoms. The Morgan fingerprint density at radius 2 is 2.08 bits per heavy atom. The molecule has 0 aliphatic heterocycles. The summed E-state index contributed by atoms with van der Waals surface area (Å²) in [5.41, 5.74) is 1.98. The number of phenols is 1. The van der Waals surface area contributed by atoms with E-state index in [1.807, 2.05) is 28.6 Å². The average molecular weight is 353 g/mol. The number of alkyl halides is 1. The summed E-state index contributed by atoms with van der Waals surface area (Å²) in [6, 6.07) is 8.81. The van der Waals surface area contributed by atoms with Gasteiger partial charge in [-0.1, -0.05) is 0 Å². The molecule has 26 heavy (non-hydrogen) atoms. The Bertz CT molecular complexity index is 881. The number of halogens is 1. The maximum Gasteiger partial charge on any atom is 0.151 e. The molecule has 2 atom stereocenters. The summed E-state index contributed by atoms with van der Waals surface area (Å²) in [4.78, 5) is 5.86. The number of nitrogens with zero attached hydrogens (tertiary/aromatic N) is 5. The van der Waals surface area contributed by atoms with Crippen molar-refractivity contribution >= 4 is 5.82 Å². The molecule has 1 N–H and O–H groups in total. The minimum atomic E-state index is -0.818. The van der Waals surface area contributed by atoms with Crippen LogP contribution in [0.15, 0.2) is 49.1 Å². The Hall–Kier alpha value is -2.96. The molecule has 2 aromatic heterocycles. The highest BCUT2D eigenvalue weighted by molar-refractivity contribution is 5.69. The van der Waals surface area contributed by atoms with E-state index in [2.05, 4.69) is 15.2 Å². The lowest BCUT2D eigenvalue weighted by molar-refractivity contribution is 0.306. The van der Waals surface area contributed by atoms with Crippen LogP contribution in [-0.2, 0) is 0 Å². The van der Waals surface area contributed by atoms with Crippen LogP contribution < -0.4 is 4.90 Å². The van der Waals surface area contributed by atoms with Crippen molar-refractivity contribution in [2.75, 3.05) is 11.9 Å². The van der Waals surface area contributed by atoms with E-state index in [0.717, 1.165) is 18.5 Å². The van der Waals surface area contributed by atoms with E-state index in [0.29, 0.717) is 23.5 Å². The van der Waals surface area contributed by atoms with Gasteiger partial charge in [0, 0.05) is 31.1 Å². The van der Waals surface area contributed by atoms with Crippen LogP contribution in [0.2, 0.25) is 0 Å². The maximum atomic E-state index is 13.9. The zero-order valence-corrected chi connectivity index (χ0v) is 14.5. The average Bonchev–Trinajstić information content (AvgIpc) is 3.33. The molecule has 1 aromatic carbocycles. The van der Waals surface area contributed by atoms with Crippen molar-refractivity contribution in [2.45, 2.75) is 31.5 Å². The van der Waals surface area contributed by atoms with Gasteiger partial charge in [0.15, 0.2) is 5.82 Å². The van der Waals surface area contributed by atoms with Gasteiger partial charge in [-0.15, -0.1) is 10.2 Å². The van der Waals surface area contributed by atoms with Crippen molar-refractivity contribution in [2.24, 2.45) is 0 Å². The molecular weight excluding hydrogens is 333 g/mol. The number of anilines is 1. The van der Waals surface area contributed by atoms with Gasteiger partial charge in [0.1, 0.15) is 11.9 Å². The molecular formula is C19H20FN5O. The van der Waals surface area contributed by atoms with Crippen LogP contribution in [0.25, 0.3) is 16.9 Å². The summed E-state index contributed by atoms with van der Waals surface area (Å²) >= 11 is 0. The van der Waals surface area contributed by atoms with E-state index in [9.17, 15) is 9.50 Å². The fourth-order valence-electron chi connectivity index (χ4n) is 3.47. The summed E-state index contributed by atoms with van der Waals surface area (Å²) in [6.45, 7) is 0. The van der Waals surface area contributed by atoms with Gasteiger partial charge >= 0.3 is 0 Å². The fraction of sp³-hybridized carbons (Fsp3) is 0.316. The number of hydrogen-bond acceptors (Lipinski definition) is 5. The van der Waals surface area contributed by atoms with Crippen molar-refractivity contribution in [3.8, 4) is 22.7 Å². The van der Waals surface area contributed by atoms with Crippen LogP contribution in [0.4, 0.5) is 10.2 Å². The predicted octanol–water partition coefficient (Wildman–Crippen LogP) is 3.36. The molecule has 0 saturated heterocycles. The molecule has 6 nitrogen and oxygen atoms in total. The molecule has 0 unspecified atom stereocenters. The van der Waals surface area contributed by atoms with Crippen LogP contribution in [0.5, 0.6) is 5.75 Å². The third kappa shape index (κ3) is 3.00. The van der Waals surface area contributed by atoms with Crippen LogP contribution in [0.1, 0.15) is 19.3 Å². The van der Waals surface area contributed by atoms with Gasteiger partial charge in [0.05, 0.1) is 23.8 Å². The second-order valence-electron chi connectivity index (χ2n) is 6.57. The number of phenolic OH excluding ortho intramolecular Hbond substituents is 1. The Kier molecular flexibility index (Phi) is 4.28. The summed E-state index contributed by atoms with van der Waals surface area (Å²) in [6.07, 6.45) is 6.67. The molecule has 3 aromatic rings. The van der Waals surface area contributed by atoms with Gasteiger partial charge in [-0.05, 0) is 43.5 Å². The Balaban J connectivity index is 1.57. The van der Waals surface area contributed by atoms with E-state index in [-0.39, 0.29) is 11.8 Å². The minimum Gasteiger partial charge on any atom is -0.507 e. The largest absolute Gasteiger partial charge is 0.507 e. The van der Waals surface area contributed by atoms with Gasteiger partial charge in [0.2, 0.25) is 0 Å². The van der Waals surface area contributed by atoms with Crippen LogP contribution >= 0.6 is 0 Å². The first kappa shape index (κ1) is 16.5. The number of hydrogen-bond donors (Lipinski definition) is 1. The van der Waals surface area contributed by atoms with Crippen LogP contribution in [0.3, 0.4) is 0 Å². The number of imidazole rings is 1. The second-order valence-corrected chi connectivity index (χ2v) is 6.57. The highest BCUT2D eigenvalue weighted by Gasteiger charge is 2.31. The third-order valence-electron chi connectivity index (χ3n) is 4.97. The first-order chi connectivity index (χ1) is 12.6. The van der Waals surface area contributed by atoms with Crippen LogP contribution in [-0.4, -0.2) is 44.1 Å². The first-order valence-corrected chi connectivity index (χ1v) is 8.66. The number of aromatic nitrogens is 4. The lowest BCUT2D eigenvalue weighted by Gasteiger charge is -2.26. The molecule has 4 rings (SSSR count). The third-order valence-corrected chi connectivity index (χ3v) is 4.97. The van der Waals surface area contributed by atoms with Crippen LogP contribution in [0, 0.1) is 0 Å². The van der Waals surface area contributed by atoms with E-state index in [4.69, 9.17) is 0 Å². The van der Waals surface area contributed by atoms with Gasteiger partial charge in [-0.25, -0.2) is 9.37 Å². The SMILES string of the molecule is CN(c1ccc(-c2ccc(-n3ccnc3)cc2O)nn1)[C@@H]1CCC[C@@H]1F.